The van der Waals surface area contributed by atoms with E-state index in [0.717, 1.165) is 17.7 Å². The van der Waals surface area contributed by atoms with Gasteiger partial charge in [0.25, 0.3) is 0 Å². The average Bonchev–Trinajstić information content (AvgIpc) is 2.23. The first-order chi connectivity index (χ1) is 7.22. The van der Waals surface area contributed by atoms with Crippen molar-refractivity contribution in [2.24, 2.45) is 0 Å². The van der Waals surface area contributed by atoms with Crippen molar-refractivity contribution in [2.75, 3.05) is 14.2 Å². The Balaban J connectivity index is 3.12. The van der Waals surface area contributed by atoms with E-state index in [1.54, 1.807) is 13.2 Å². The van der Waals surface area contributed by atoms with Crippen molar-refractivity contribution in [2.45, 2.75) is 13.0 Å². The fraction of sp³-hybridized carbons (Fsp3) is 0.333. The zero-order chi connectivity index (χ0) is 11.3. The summed E-state index contributed by atoms with van der Waals surface area (Å²) in [7, 11) is 3.43. The third-order valence-corrected chi connectivity index (χ3v) is 2.18. The van der Waals surface area contributed by atoms with Crippen LogP contribution in [-0.4, -0.2) is 19.3 Å². The van der Waals surface area contributed by atoms with Crippen molar-refractivity contribution in [3.63, 3.8) is 0 Å². The standard InChI is InChI=1S/C12H17NO2/c1-4-5-10-6-9(8-13-2)7-11(15-3)12(10)14/h4,6-7,13-14H,1,5,8H2,2-3H3. The molecule has 1 aromatic rings. The summed E-state index contributed by atoms with van der Waals surface area (Å²) in [4.78, 5) is 0. The van der Waals surface area contributed by atoms with Gasteiger partial charge in [0, 0.05) is 12.1 Å². The molecular weight excluding hydrogens is 190 g/mol. The molecule has 3 nitrogen and oxygen atoms in total. The lowest BCUT2D eigenvalue weighted by Crippen LogP contribution is -2.05. The molecule has 2 N–H and O–H groups in total. The summed E-state index contributed by atoms with van der Waals surface area (Å²) in [6.45, 7) is 4.41. The highest BCUT2D eigenvalue weighted by Gasteiger charge is 2.08. The van der Waals surface area contributed by atoms with Crippen LogP contribution >= 0.6 is 0 Å². The molecule has 0 heterocycles. The third kappa shape index (κ3) is 2.73. The molecule has 0 spiro atoms. The van der Waals surface area contributed by atoms with Crippen LogP contribution < -0.4 is 10.1 Å². The summed E-state index contributed by atoms with van der Waals surface area (Å²) in [6, 6.07) is 3.79. The van der Waals surface area contributed by atoms with Gasteiger partial charge in [-0.15, -0.1) is 6.58 Å². The van der Waals surface area contributed by atoms with Gasteiger partial charge in [0.2, 0.25) is 0 Å². The van der Waals surface area contributed by atoms with E-state index in [4.69, 9.17) is 4.74 Å². The SMILES string of the molecule is C=CCc1cc(CNC)cc(OC)c1O. The van der Waals surface area contributed by atoms with Crippen LogP contribution in [0.3, 0.4) is 0 Å². The van der Waals surface area contributed by atoms with E-state index < -0.39 is 0 Å². The number of phenolic OH excluding ortho intramolecular Hbond substituents is 1. The Hall–Kier alpha value is -1.48. The third-order valence-electron chi connectivity index (χ3n) is 2.18. The van der Waals surface area contributed by atoms with Gasteiger partial charge in [0.15, 0.2) is 11.5 Å². The van der Waals surface area contributed by atoms with Crippen molar-refractivity contribution in [1.82, 2.24) is 5.32 Å². The van der Waals surface area contributed by atoms with Crippen molar-refractivity contribution >= 4 is 0 Å². The summed E-state index contributed by atoms with van der Waals surface area (Å²) in [5, 5.41) is 12.9. The fourth-order valence-corrected chi connectivity index (χ4v) is 1.50. The largest absolute Gasteiger partial charge is 0.504 e. The number of nitrogens with one attached hydrogen (secondary N) is 1. The van der Waals surface area contributed by atoms with E-state index in [1.165, 1.54) is 0 Å². The zero-order valence-electron chi connectivity index (χ0n) is 9.21. The smallest absolute Gasteiger partial charge is 0.161 e. The molecule has 0 aliphatic heterocycles. The van der Waals surface area contributed by atoms with Crippen molar-refractivity contribution < 1.29 is 9.84 Å². The van der Waals surface area contributed by atoms with Crippen LogP contribution in [0.15, 0.2) is 24.8 Å². The fourth-order valence-electron chi connectivity index (χ4n) is 1.50. The Morgan fingerprint density at radius 2 is 2.27 bits per heavy atom. The molecule has 1 rings (SSSR count). The molecule has 0 atom stereocenters. The number of hydrogen-bond acceptors (Lipinski definition) is 3. The van der Waals surface area contributed by atoms with E-state index in [0.29, 0.717) is 12.2 Å². The molecule has 0 saturated heterocycles. The zero-order valence-corrected chi connectivity index (χ0v) is 9.21. The first-order valence-electron chi connectivity index (χ1n) is 4.87. The van der Waals surface area contributed by atoms with Gasteiger partial charge in [0.1, 0.15) is 0 Å². The predicted molar refractivity (Wildman–Crippen MR) is 61.3 cm³/mol. The van der Waals surface area contributed by atoms with Crippen LogP contribution in [0.4, 0.5) is 0 Å². The monoisotopic (exact) mass is 207 g/mol. The van der Waals surface area contributed by atoms with Crippen LogP contribution in [0.1, 0.15) is 11.1 Å². The van der Waals surface area contributed by atoms with E-state index in [1.807, 2.05) is 19.2 Å². The number of rotatable bonds is 5. The van der Waals surface area contributed by atoms with Gasteiger partial charge in [-0.2, -0.15) is 0 Å². The molecule has 0 radical (unpaired) electrons. The second-order valence-corrected chi connectivity index (χ2v) is 3.33. The quantitative estimate of drug-likeness (QED) is 0.724. The minimum Gasteiger partial charge on any atom is -0.504 e. The predicted octanol–water partition coefficient (Wildman–Crippen LogP) is 1.85. The molecule has 15 heavy (non-hydrogen) atoms. The molecule has 0 aliphatic rings. The molecule has 0 amide bonds. The van der Waals surface area contributed by atoms with Gasteiger partial charge in [-0.1, -0.05) is 12.1 Å². The Morgan fingerprint density at radius 3 is 2.80 bits per heavy atom. The van der Waals surface area contributed by atoms with Crippen molar-refractivity contribution in [3.8, 4) is 11.5 Å². The Labute approximate surface area is 90.4 Å². The number of hydrogen-bond donors (Lipinski definition) is 2. The first kappa shape index (κ1) is 11.6. The highest BCUT2D eigenvalue weighted by molar-refractivity contribution is 5.49. The molecular formula is C12H17NO2. The maximum Gasteiger partial charge on any atom is 0.161 e. The van der Waals surface area contributed by atoms with Gasteiger partial charge in [-0.3, -0.25) is 0 Å². The lowest BCUT2D eigenvalue weighted by Gasteiger charge is -2.10. The van der Waals surface area contributed by atoms with E-state index in [-0.39, 0.29) is 5.75 Å². The van der Waals surface area contributed by atoms with Crippen LogP contribution in [0.25, 0.3) is 0 Å². The summed E-state index contributed by atoms with van der Waals surface area (Å²) >= 11 is 0. The highest BCUT2D eigenvalue weighted by atomic mass is 16.5. The van der Waals surface area contributed by atoms with Crippen molar-refractivity contribution in [1.29, 1.82) is 0 Å². The first-order valence-corrected chi connectivity index (χ1v) is 4.87. The van der Waals surface area contributed by atoms with Gasteiger partial charge in [-0.25, -0.2) is 0 Å². The molecule has 3 heteroatoms. The molecule has 0 fully saturated rings. The molecule has 0 saturated carbocycles. The Kier molecular flexibility index (Phi) is 4.18. The summed E-state index contributed by atoms with van der Waals surface area (Å²) in [5.41, 5.74) is 1.93. The minimum atomic E-state index is 0.206. The van der Waals surface area contributed by atoms with Gasteiger partial charge in [0.05, 0.1) is 7.11 Å². The van der Waals surface area contributed by atoms with E-state index in [9.17, 15) is 5.11 Å². The number of allylic oxidation sites excluding steroid dienone is 1. The lowest BCUT2D eigenvalue weighted by atomic mass is 10.1. The summed E-state index contributed by atoms with van der Waals surface area (Å²) in [5.74, 6) is 0.719. The topological polar surface area (TPSA) is 41.5 Å². The van der Waals surface area contributed by atoms with Crippen molar-refractivity contribution in [3.05, 3.63) is 35.9 Å². The maximum atomic E-state index is 9.82. The van der Waals surface area contributed by atoms with Crippen LogP contribution in [-0.2, 0) is 13.0 Å². The number of methoxy groups -OCH3 is 1. The van der Waals surface area contributed by atoms with Crippen LogP contribution in [0, 0.1) is 0 Å². The second-order valence-electron chi connectivity index (χ2n) is 3.33. The number of aromatic hydroxyl groups is 1. The Morgan fingerprint density at radius 1 is 1.53 bits per heavy atom. The van der Waals surface area contributed by atoms with Crippen LogP contribution in [0.2, 0.25) is 0 Å². The van der Waals surface area contributed by atoms with Gasteiger partial charge < -0.3 is 15.2 Å². The van der Waals surface area contributed by atoms with E-state index >= 15 is 0 Å². The van der Waals surface area contributed by atoms with Gasteiger partial charge >= 0.3 is 0 Å². The lowest BCUT2D eigenvalue weighted by molar-refractivity contribution is 0.370. The maximum absolute atomic E-state index is 9.82. The summed E-state index contributed by atoms with van der Waals surface area (Å²) in [6.07, 6.45) is 2.40. The minimum absolute atomic E-state index is 0.206. The van der Waals surface area contributed by atoms with E-state index in [2.05, 4.69) is 11.9 Å². The number of ether oxygens (including phenoxy) is 1. The number of phenols is 1. The normalized spacial score (nSPS) is 10.0. The van der Waals surface area contributed by atoms with Gasteiger partial charge in [-0.05, 0) is 25.1 Å². The summed E-state index contributed by atoms with van der Waals surface area (Å²) < 4.78 is 5.11. The highest BCUT2D eigenvalue weighted by Crippen LogP contribution is 2.31. The molecule has 0 bridgehead atoms. The molecule has 0 unspecified atom stereocenters. The average molecular weight is 207 g/mol. The molecule has 0 aliphatic carbocycles. The molecule has 1 aromatic carbocycles. The molecule has 82 valence electrons. The molecule has 0 aromatic heterocycles. The van der Waals surface area contributed by atoms with Crippen LogP contribution in [0.5, 0.6) is 11.5 Å². The number of benzene rings is 1. The second kappa shape index (κ2) is 5.41. The Bertz CT molecular complexity index is 348.